The van der Waals surface area contributed by atoms with Crippen LogP contribution in [0.3, 0.4) is 0 Å². The predicted octanol–water partition coefficient (Wildman–Crippen LogP) is 7.08. The van der Waals surface area contributed by atoms with Gasteiger partial charge < -0.3 is 19.3 Å². The highest BCUT2D eigenvalue weighted by Gasteiger charge is 2.74. The number of allylic oxidation sites excluding steroid dienone is 3. The largest absolute Gasteiger partial charge is 0.513 e. The van der Waals surface area contributed by atoms with Gasteiger partial charge in [-0.25, -0.2) is 4.79 Å². The van der Waals surface area contributed by atoms with Gasteiger partial charge in [0.2, 0.25) is 0 Å². The molecule has 1 spiro atoms. The van der Waals surface area contributed by atoms with Crippen molar-refractivity contribution in [3.8, 4) is 0 Å². The van der Waals surface area contributed by atoms with Gasteiger partial charge in [-0.1, -0.05) is 77.7 Å². The Morgan fingerprint density at radius 1 is 1.05 bits per heavy atom. The lowest BCUT2D eigenvalue weighted by Gasteiger charge is -2.63. The first-order valence-corrected chi connectivity index (χ1v) is 16.8. The zero-order valence-electron chi connectivity index (χ0n) is 25.7. The van der Waals surface area contributed by atoms with Gasteiger partial charge in [0.15, 0.2) is 17.6 Å². The van der Waals surface area contributed by atoms with Crippen LogP contribution in [0.25, 0.3) is 0 Å². The third kappa shape index (κ3) is 6.13. The second-order valence-corrected chi connectivity index (χ2v) is 13.6. The number of aliphatic hydroxyl groups is 1. The van der Waals surface area contributed by atoms with Gasteiger partial charge in [0, 0.05) is 24.9 Å². The molecular formula is C34H53NO6. The SMILES string of the molecule is CCCCCCCCCCCCOC(=O)OC1=C2O[C@@H](C(=O)CC)[C@]34CCN(CC5CC5)C(CC(C=C1)C23)[C@@]4(C)O. The highest BCUT2D eigenvalue weighted by molar-refractivity contribution is 5.85. The van der Waals surface area contributed by atoms with E-state index in [-0.39, 0.29) is 23.7 Å². The minimum absolute atomic E-state index is 0.00473. The summed E-state index contributed by atoms with van der Waals surface area (Å²) in [5, 5.41) is 12.3. The van der Waals surface area contributed by atoms with E-state index in [1.807, 2.05) is 19.9 Å². The van der Waals surface area contributed by atoms with Crippen molar-refractivity contribution >= 4 is 11.9 Å². The number of piperidine rings is 1. The molecule has 6 atom stereocenters. The van der Waals surface area contributed by atoms with Crippen molar-refractivity contribution in [2.75, 3.05) is 19.7 Å². The number of hydrogen-bond donors (Lipinski definition) is 1. The van der Waals surface area contributed by atoms with E-state index in [1.54, 1.807) is 0 Å². The fourth-order valence-electron chi connectivity index (χ4n) is 8.35. The van der Waals surface area contributed by atoms with Gasteiger partial charge in [-0.2, -0.15) is 0 Å². The highest BCUT2D eigenvalue weighted by atomic mass is 16.7. The molecule has 4 fully saturated rings. The topological polar surface area (TPSA) is 85.3 Å². The van der Waals surface area contributed by atoms with Crippen LogP contribution in [0.4, 0.5) is 4.79 Å². The zero-order chi connectivity index (χ0) is 29.0. The van der Waals surface area contributed by atoms with Gasteiger partial charge in [-0.3, -0.25) is 9.69 Å². The lowest BCUT2D eigenvalue weighted by atomic mass is 9.47. The van der Waals surface area contributed by atoms with Crippen LogP contribution in [0.1, 0.15) is 117 Å². The van der Waals surface area contributed by atoms with E-state index in [2.05, 4.69) is 17.9 Å². The van der Waals surface area contributed by atoms with Crippen molar-refractivity contribution in [1.82, 2.24) is 4.90 Å². The maximum absolute atomic E-state index is 13.3. The van der Waals surface area contributed by atoms with Crippen LogP contribution in [0.2, 0.25) is 0 Å². The quantitative estimate of drug-likeness (QED) is 0.157. The van der Waals surface area contributed by atoms with Crippen molar-refractivity contribution in [1.29, 1.82) is 0 Å². The number of hydrogen-bond acceptors (Lipinski definition) is 7. The maximum atomic E-state index is 13.3. The molecule has 0 amide bonds. The molecule has 1 N–H and O–H groups in total. The Balaban J connectivity index is 1.19. The molecule has 2 heterocycles. The molecule has 2 aliphatic heterocycles. The van der Waals surface area contributed by atoms with Crippen molar-refractivity contribution in [2.24, 2.45) is 23.2 Å². The molecule has 0 aromatic carbocycles. The van der Waals surface area contributed by atoms with Gasteiger partial charge in [0.05, 0.1) is 17.6 Å². The first kappa shape index (κ1) is 30.6. The smallest absolute Gasteiger partial charge is 0.482 e. The number of Topliss-reactive ketones (excluding diaryl/α,β-unsaturated/α-hetero) is 1. The van der Waals surface area contributed by atoms with Crippen LogP contribution >= 0.6 is 0 Å². The Hall–Kier alpha value is -1.86. The fraction of sp³-hybridized carbons (Fsp3) is 0.824. The number of ketones is 1. The Kier molecular flexibility index (Phi) is 9.85. The molecule has 2 bridgehead atoms. The molecule has 3 aliphatic carbocycles. The summed E-state index contributed by atoms with van der Waals surface area (Å²) in [6.07, 6.45) is 19.0. The average Bonchev–Trinajstić information content (AvgIpc) is 3.69. The molecule has 7 nitrogen and oxygen atoms in total. The lowest BCUT2D eigenvalue weighted by Crippen LogP contribution is -2.73. The second-order valence-electron chi connectivity index (χ2n) is 13.6. The van der Waals surface area contributed by atoms with Crippen LogP contribution in [0.15, 0.2) is 23.7 Å². The van der Waals surface area contributed by atoms with E-state index in [1.165, 1.54) is 57.8 Å². The summed E-state index contributed by atoms with van der Waals surface area (Å²) in [6.45, 7) is 8.23. The molecule has 230 valence electrons. The summed E-state index contributed by atoms with van der Waals surface area (Å²) < 4.78 is 17.6. The third-order valence-corrected chi connectivity index (χ3v) is 10.8. The minimum Gasteiger partial charge on any atom is -0.482 e. The molecular weight excluding hydrogens is 518 g/mol. The number of nitrogens with zero attached hydrogens (tertiary/aromatic N) is 1. The summed E-state index contributed by atoms with van der Waals surface area (Å²) in [6, 6.07) is -0.0219. The van der Waals surface area contributed by atoms with E-state index >= 15 is 0 Å². The van der Waals surface area contributed by atoms with E-state index in [9.17, 15) is 14.7 Å². The van der Waals surface area contributed by atoms with Crippen molar-refractivity contribution in [3.05, 3.63) is 23.7 Å². The Morgan fingerprint density at radius 3 is 2.39 bits per heavy atom. The molecule has 2 saturated heterocycles. The third-order valence-electron chi connectivity index (χ3n) is 10.8. The number of unbranched alkanes of at least 4 members (excludes halogenated alkanes) is 9. The van der Waals surface area contributed by atoms with Crippen LogP contribution in [0.5, 0.6) is 0 Å². The van der Waals surface area contributed by atoms with Gasteiger partial charge in [0.1, 0.15) is 5.76 Å². The zero-order valence-corrected chi connectivity index (χ0v) is 25.7. The maximum Gasteiger partial charge on any atom is 0.513 e. The van der Waals surface area contributed by atoms with Crippen molar-refractivity contribution in [2.45, 2.75) is 135 Å². The molecule has 41 heavy (non-hydrogen) atoms. The van der Waals surface area contributed by atoms with Crippen LogP contribution in [-0.4, -0.2) is 59.4 Å². The highest BCUT2D eigenvalue weighted by Crippen LogP contribution is 2.67. The fourth-order valence-corrected chi connectivity index (χ4v) is 8.35. The molecule has 5 rings (SSSR count). The monoisotopic (exact) mass is 571 g/mol. The van der Waals surface area contributed by atoms with E-state index in [4.69, 9.17) is 14.2 Å². The van der Waals surface area contributed by atoms with Gasteiger partial charge >= 0.3 is 6.16 Å². The number of likely N-dealkylation sites (tertiary alicyclic amines) is 1. The molecule has 0 aromatic rings. The Bertz CT molecular complexity index is 999. The van der Waals surface area contributed by atoms with Gasteiger partial charge in [-0.15, -0.1) is 0 Å². The standard InChI is InChI=1S/C34H53NO6/c1-4-6-7-8-9-10-11-12-13-14-21-39-32(37)40-27-18-17-25-22-28-33(3,38)34(19-20-35(28)23-24-15-16-24)29(25)30(27)41-31(34)26(36)5-2/h17-18,24-25,28-29,31,38H,4-16,19-23H2,1-3H3/t25?,28?,29?,31-,33+,34-/m0/s1. The summed E-state index contributed by atoms with van der Waals surface area (Å²) in [4.78, 5) is 28.5. The van der Waals surface area contributed by atoms with E-state index in [0.717, 1.165) is 44.7 Å². The number of carbonyl (C=O) groups is 2. The molecule has 3 unspecified atom stereocenters. The Morgan fingerprint density at radius 2 is 1.73 bits per heavy atom. The first-order chi connectivity index (χ1) is 19.8. The van der Waals surface area contributed by atoms with E-state index < -0.39 is 23.3 Å². The van der Waals surface area contributed by atoms with Crippen molar-refractivity contribution in [3.63, 3.8) is 0 Å². The second kappa shape index (κ2) is 13.2. The van der Waals surface area contributed by atoms with Crippen LogP contribution in [-0.2, 0) is 19.0 Å². The molecule has 5 aliphatic rings. The van der Waals surface area contributed by atoms with Gasteiger partial charge in [-0.05, 0) is 63.5 Å². The van der Waals surface area contributed by atoms with E-state index in [0.29, 0.717) is 31.0 Å². The summed E-state index contributed by atoms with van der Waals surface area (Å²) in [7, 11) is 0. The number of ether oxygens (including phenoxy) is 3. The average molecular weight is 572 g/mol. The number of rotatable bonds is 16. The van der Waals surface area contributed by atoms with Crippen LogP contribution < -0.4 is 0 Å². The molecule has 0 aromatic heterocycles. The molecule has 7 heteroatoms. The van der Waals surface area contributed by atoms with Crippen LogP contribution in [0, 0.1) is 23.2 Å². The summed E-state index contributed by atoms with van der Waals surface area (Å²) in [5.41, 5.74) is -1.83. The first-order valence-electron chi connectivity index (χ1n) is 16.8. The molecule has 2 saturated carbocycles. The lowest BCUT2D eigenvalue weighted by molar-refractivity contribution is -0.222. The summed E-state index contributed by atoms with van der Waals surface area (Å²) >= 11 is 0. The number of fused-ring (bicyclic) bond motifs is 1. The normalized spacial score (nSPS) is 33.9. The minimum atomic E-state index is -1.09. The number of carbonyl (C=O) groups excluding carboxylic acids is 2. The van der Waals surface area contributed by atoms with Crippen molar-refractivity contribution < 1.29 is 28.9 Å². The molecule has 0 radical (unpaired) electrons. The predicted molar refractivity (Wildman–Crippen MR) is 158 cm³/mol. The Labute approximate surface area is 247 Å². The summed E-state index contributed by atoms with van der Waals surface area (Å²) in [5.74, 6) is 1.56. The van der Waals surface area contributed by atoms with Gasteiger partial charge in [0.25, 0.3) is 0 Å².